The summed E-state index contributed by atoms with van der Waals surface area (Å²) in [4.78, 5) is 13.1. The highest BCUT2D eigenvalue weighted by atomic mass is 32.1. The van der Waals surface area contributed by atoms with Crippen molar-refractivity contribution in [2.45, 2.75) is 26.2 Å². The van der Waals surface area contributed by atoms with E-state index in [9.17, 15) is 4.79 Å². The number of carbonyl (C=O) groups excluding carboxylic acids is 1. The molecule has 0 aliphatic rings. The number of thiophene rings is 1. The summed E-state index contributed by atoms with van der Waals surface area (Å²) in [5.74, 6) is 0.349. The summed E-state index contributed by atoms with van der Waals surface area (Å²) >= 11 is 1.62. The molecule has 0 aliphatic carbocycles. The Kier molecular flexibility index (Phi) is 5.13. The molecular formula is C17H19NOS. The molecule has 2 nitrogen and oxygen atoms in total. The predicted molar refractivity (Wildman–Crippen MR) is 87.1 cm³/mol. The first-order valence-electron chi connectivity index (χ1n) is 6.82. The van der Waals surface area contributed by atoms with Crippen LogP contribution in [0.1, 0.15) is 36.6 Å². The van der Waals surface area contributed by atoms with E-state index in [2.05, 4.69) is 25.2 Å². The largest absolute Gasteiger partial charge is 0.322 e. The first-order valence-corrected chi connectivity index (χ1v) is 7.70. The fraction of sp³-hybridized carbons (Fsp3) is 0.235. The van der Waals surface area contributed by atoms with E-state index in [-0.39, 0.29) is 5.91 Å². The molecule has 0 spiro atoms. The molecule has 0 saturated carbocycles. The number of hydrogen-bond donors (Lipinski definition) is 1. The Morgan fingerprint density at radius 3 is 2.80 bits per heavy atom. The number of rotatable bonds is 5. The molecule has 1 atom stereocenters. The van der Waals surface area contributed by atoms with Crippen LogP contribution in [0.3, 0.4) is 0 Å². The van der Waals surface area contributed by atoms with Crippen molar-refractivity contribution in [3.05, 3.63) is 58.3 Å². The molecule has 0 fully saturated rings. The minimum absolute atomic E-state index is 0.0887. The van der Waals surface area contributed by atoms with E-state index in [1.165, 1.54) is 5.56 Å². The van der Waals surface area contributed by atoms with E-state index in [1.54, 1.807) is 17.4 Å². The number of benzene rings is 1. The van der Waals surface area contributed by atoms with Gasteiger partial charge in [0.2, 0.25) is 5.91 Å². The zero-order valence-corrected chi connectivity index (χ0v) is 12.6. The zero-order valence-electron chi connectivity index (χ0n) is 11.8. The van der Waals surface area contributed by atoms with Crippen molar-refractivity contribution in [3.8, 4) is 0 Å². The van der Waals surface area contributed by atoms with E-state index in [0.717, 1.165) is 17.0 Å². The maximum atomic E-state index is 12.0. The fourth-order valence-electron chi connectivity index (χ4n) is 1.98. The zero-order chi connectivity index (χ0) is 14.4. The molecule has 0 saturated heterocycles. The number of anilines is 1. The number of amides is 1. The molecule has 1 aromatic heterocycles. The Hall–Kier alpha value is -1.87. The lowest BCUT2D eigenvalue weighted by Crippen LogP contribution is -2.10. The van der Waals surface area contributed by atoms with Gasteiger partial charge in [0.1, 0.15) is 0 Å². The summed E-state index contributed by atoms with van der Waals surface area (Å²) in [5, 5.41) is 4.96. The Morgan fingerprint density at radius 2 is 2.10 bits per heavy atom. The third-order valence-electron chi connectivity index (χ3n) is 3.30. The average molecular weight is 285 g/mol. The van der Waals surface area contributed by atoms with Crippen molar-refractivity contribution in [1.82, 2.24) is 0 Å². The number of nitrogens with one attached hydrogen (secondary N) is 1. The topological polar surface area (TPSA) is 29.1 Å². The van der Waals surface area contributed by atoms with Crippen molar-refractivity contribution in [2.75, 3.05) is 5.32 Å². The highest BCUT2D eigenvalue weighted by molar-refractivity contribution is 7.10. The molecule has 2 aromatic rings. The van der Waals surface area contributed by atoms with Crippen LogP contribution in [0, 0.1) is 0 Å². The molecule has 20 heavy (non-hydrogen) atoms. The molecule has 1 heterocycles. The van der Waals surface area contributed by atoms with Crippen molar-refractivity contribution >= 4 is 29.0 Å². The molecule has 0 unspecified atom stereocenters. The summed E-state index contributed by atoms with van der Waals surface area (Å²) in [6, 6.07) is 12.0. The minimum atomic E-state index is -0.0887. The van der Waals surface area contributed by atoms with Crippen molar-refractivity contribution in [3.63, 3.8) is 0 Å². The van der Waals surface area contributed by atoms with Gasteiger partial charge in [-0.2, -0.15) is 0 Å². The van der Waals surface area contributed by atoms with Crippen LogP contribution in [0.2, 0.25) is 0 Å². The number of carbonyl (C=O) groups is 1. The molecule has 1 aromatic carbocycles. The van der Waals surface area contributed by atoms with Gasteiger partial charge in [0.25, 0.3) is 0 Å². The summed E-state index contributed by atoms with van der Waals surface area (Å²) in [5.41, 5.74) is 2.09. The summed E-state index contributed by atoms with van der Waals surface area (Å²) in [7, 11) is 0. The molecule has 104 valence electrons. The Balaban J connectivity index is 2.08. The van der Waals surface area contributed by atoms with Crippen LogP contribution in [-0.2, 0) is 4.79 Å². The van der Waals surface area contributed by atoms with Gasteiger partial charge in [-0.05, 0) is 41.5 Å². The molecule has 1 amide bonds. The quantitative estimate of drug-likeness (QED) is 0.777. The van der Waals surface area contributed by atoms with Crippen molar-refractivity contribution in [2.24, 2.45) is 0 Å². The lowest BCUT2D eigenvalue weighted by Gasteiger charge is -2.14. The number of para-hydroxylation sites is 1. The van der Waals surface area contributed by atoms with Crippen LogP contribution in [0.15, 0.2) is 47.9 Å². The normalized spacial score (nSPS) is 12.5. The third-order valence-corrected chi connectivity index (χ3v) is 4.14. The second-order valence-electron chi connectivity index (χ2n) is 4.73. The Bertz CT molecular complexity index is 587. The molecule has 0 radical (unpaired) electrons. The van der Waals surface area contributed by atoms with Gasteiger partial charge in [-0.3, -0.25) is 4.79 Å². The lowest BCUT2D eigenvalue weighted by molar-refractivity contribution is -0.111. The molecule has 0 aliphatic heterocycles. The molecule has 0 bridgehead atoms. The van der Waals surface area contributed by atoms with Crippen LogP contribution in [0.25, 0.3) is 6.08 Å². The summed E-state index contributed by atoms with van der Waals surface area (Å²) in [6.07, 6.45) is 4.48. The van der Waals surface area contributed by atoms with Gasteiger partial charge in [-0.1, -0.05) is 38.1 Å². The van der Waals surface area contributed by atoms with Gasteiger partial charge >= 0.3 is 0 Å². The lowest BCUT2D eigenvalue weighted by atomic mass is 9.97. The van der Waals surface area contributed by atoms with E-state index < -0.39 is 0 Å². The maximum Gasteiger partial charge on any atom is 0.248 e. The third kappa shape index (κ3) is 3.81. The van der Waals surface area contributed by atoms with Gasteiger partial charge in [-0.25, -0.2) is 0 Å². The monoisotopic (exact) mass is 285 g/mol. The average Bonchev–Trinajstić information content (AvgIpc) is 2.98. The highest BCUT2D eigenvalue weighted by Crippen LogP contribution is 2.26. The van der Waals surface area contributed by atoms with E-state index >= 15 is 0 Å². The SMILES string of the molecule is CC[C@H](C)c1ccccc1NC(=O)/C=C/c1cccs1. The van der Waals surface area contributed by atoms with E-state index in [1.807, 2.05) is 41.8 Å². The minimum Gasteiger partial charge on any atom is -0.322 e. The molecule has 1 N–H and O–H groups in total. The molecule has 3 heteroatoms. The number of hydrogen-bond acceptors (Lipinski definition) is 2. The maximum absolute atomic E-state index is 12.0. The second-order valence-corrected chi connectivity index (χ2v) is 5.71. The van der Waals surface area contributed by atoms with Crippen LogP contribution < -0.4 is 5.32 Å². The van der Waals surface area contributed by atoms with Crippen LogP contribution >= 0.6 is 11.3 Å². The standard InChI is InChI=1S/C17H19NOS/c1-3-13(2)15-8-4-5-9-16(15)18-17(19)11-10-14-7-6-12-20-14/h4-13H,3H2,1-2H3,(H,18,19)/b11-10+/t13-/m0/s1. The summed E-state index contributed by atoms with van der Waals surface area (Å²) in [6.45, 7) is 4.33. The van der Waals surface area contributed by atoms with E-state index in [4.69, 9.17) is 0 Å². The summed E-state index contributed by atoms with van der Waals surface area (Å²) < 4.78 is 0. The van der Waals surface area contributed by atoms with Crippen LogP contribution in [0.4, 0.5) is 5.69 Å². The van der Waals surface area contributed by atoms with Crippen LogP contribution in [0.5, 0.6) is 0 Å². The smallest absolute Gasteiger partial charge is 0.248 e. The fourth-order valence-corrected chi connectivity index (χ4v) is 2.60. The first kappa shape index (κ1) is 14.5. The highest BCUT2D eigenvalue weighted by Gasteiger charge is 2.09. The van der Waals surface area contributed by atoms with Gasteiger partial charge in [0.05, 0.1) is 0 Å². The second kappa shape index (κ2) is 7.06. The first-order chi connectivity index (χ1) is 9.70. The Morgan fingerprint density at radius 1 is 1.30 bits per heavy atom. The Labute approximate surface area is 124 Å². The van der Waals surface area contributed by atoms with E-state index in [0.29, 0.717) is 5.92 Å². The van der Waals surface area contributed by atoms with Crippen LogP contribution in [-0.4, -0.2) is 5.91 Å². The van der Waals surface area contributed by atoms with Crippen molar-refractivity contribution < 1.29 is 4.79 Å². The van der Waals surface area contributed by atoms with Gasteiger partial charge in [0.15, 0.2) is 0 Å². The predicted octanol–water partition coefficient (Wildman–Crippen LogP) is 4.91. The van der Waals surface area contributed by atoms with Gasteiger partial charge < -0.3 is 5.32 Å². The van der Waals surface area contributed by atoms with Gasteiger partial charge in [-0.15, -0.1) is 11.3 Å². The van der Waals surface area contributed by atoms with Gasteiger partial charge in [0, 0.05) is 16.6 Å². The molecule has 2 rings (SSSR count). The van der Waals surface area contributed by atoms with Crippen molar-refractivity contribution in [1.29, 1.82) is 0 Å². The molecular weight excluding hydrogens is 266 g/mol.